The molecule has 0 aliphatic heterocycles. The number of nitrogens with one attached hydrogen (secondary N) is 1. The number of aromatic amines is 1. The average molecular weight is 233 g/mol. The lowest BCUT2D eigenvalue weighted by Crippen LogP contribution is -2.16. The molecule has 1 heterocycles. The smallest absolute Gasteiger partial charge is 0.408 e. The monoisotopic (exact) mass is 233 g/mol. The first-order valence-electron chi connectivity index (χ1n) is 5.66. The Balaban J connectivity index is 2.42. The molecule has 0 bridgehead atoms. The highest BCUT2D eigenvalue weighted by Gasteiger charge is 2.19. The highest BCUT2D eigenvalue weighted by atomic mass is 16.4. The number of hydrogen-bond acceptors (Lipinski definition) is 3. The van der Waals surface area contributed by atoms with Crippen molar-refractivity contribution in [1.29, 1.82) is 0 Å². The van der Waals surface area contributed by atoms with E-state index in [0.717, 1.165) is 0 Å². The van der Waals surface area contributed by atoms with Gasteiger partial charge in [0.25, 0.3) is 0 Å². The van der Waals surface area contributed by atoms with E-state index in [1.165, 1.54) is 0 Å². The fraction of sp³-hybridized carbons (Fsp3) is 0.385. The third kappa shape index (κ3) is 2.16. The first kappa shape index (κ1) is 11.6. The fourth-order valence-corrected chi connectivity index (χ4v) is 1.66. The maximum atomic E-state index is 12.1. The lowest BCUT2D eigenvalue weighted by atomic mass is 9.90. The Morgan fingerprint density at radius 3 is 2.65 bits per heavy atom. The van der Waals surface area contributed by atoms with E-state index in [9.17, 15) is 9.59 Å². The van der Waals surface area contributed by atoms with Crippen LogP contribution in [0.25, 0.3) is 11.1 Å². The maximum absolute atomic E-state index is 12.1. The lowest BCUT2D eigenvalue weighted by Gasteiger charge is -2.13. The highest BCUT2D eigenvalue weighted by molar-refractivity contribution is 6.00. The van der Waals surface area contributed by atoms with Gasteiger partial charge in [-0.15, -0.1) is 0 Å². The number of hydrogen-bond donors (Lipinski definition) is 1. The standard InChI is InChI=1S/C13H15NO3/c1-7(2)8(3)12(15)9-4-5-10-11(6-9)17-13(16)14-10/h4-8H,1-3H3,(H,14,16). The summed E-state index contributed by atoms with van der Waals surface area (Å²) in [6, 6.07) is 5.03. The Bertz CT molecular complexity index is 606. The molecule has 2 aromatic rings. The highest BCUT2D eigenvalue weighted by Crippen LogP contribution is 2.19. The third-order valence-electron chi connectivity index (χ3n) is 3.12. The predicted octanol–water partition coefficient (Wildman–Crippen LogP) is 2.60. The zero-order valence-electron chi connectivity index (χ0n) is 10.1. The number of carbonyl (C=O) groups is 1. The van der Waals surface area contributed by atoms with Gasteiger partial charge in [-0.05, 0) is 24.1 Å². The van der Waals surface area contributed by atoms with Gasteiger partial charge < -0.3 is 4.42 Å². The molecule has 0 aliphatic carbocycles. The van der Waals surface area contributed by atoms with Gasteiger partial charge >= 0.3 is 5.76 Å². The summed E-state index contributed by atoms with van der Waals surface area (Å²) in [4.78, 5) is 25.7. The Morgan fingerprint density at radius 1 is 1.29 bits per heavy atom. The lowest BCUT2D eigenvalue weighted by molar-refractivity contribution is 0.0900. The molecule has 0 fully saturated rings. The zero-order valence-corrected chi connectivity index (χ0v) is 10.1. The van der Waals surface area contributed by atoms with Crippen LogP contribution in [0.15, 0.2) is 27.4 Å². The number of ketones is 1. The van der Waals surface area contributed by atoms with Crippen molar-refractivity contribution in [2.24, 2.45) is 11.8 Å². The second-order valence-electron chi connectivity index (χ2n) is 4.62. The number of H-pyrrole nitrogens is 1. The van der Waals surface area contributed by atoms with Crippen LogP contribution in [0.2, 0.25) is 0 Å². The molecule has 1 aromatic heterocycles. The van der Waals surface area contributed by atoms with Crippen molar-refractivity contribution >= 4 is 16.9 Å². The van der Waals surface area contributed by atoms with Crippen LogP contribution >= 0.6 is 0 Å². The Labute approximate surface area is 98.6 Å². The van der Waals surface area contributed by atoms with Crippen LogP contribution in [-0.2, 0) is 0 Å². The first-order valence-corrected chi connectivity index (χ1v) is 5.66. The average Bonchev–Trinajstić information content (AvgIpc) is 2.65. The molecule has 1 atom stereocenters. The molecule has 1 aromatic carbocycles. The van der Waals surface area contributed by atoms with Crippen LogP contribution in [0.4, 0.5) is 0 Å². The molecule has 17 heavy (non-hydrogen) atoms. The van der Waals surface area contributed by atoms with E-state index in [1.807, 2.05) is 20.8 Å². The van der Waals surface area contributed by atoms with Gasteiger partial charge in [0.15, 0.2) is 11.4 Å². The predicted molar refractivity (Wildman–Crippen MR) is 65.2 cm³/mol. The van der Waals surface area contributed by atoms with E-state index in [1.54, 1.807) is 18.2 Å². The van der Waals surface area contributed by atoms with Crippen LogP contribution in [0.1, 0.15) is 31.1 Å². The number of fused-ring (bicyclic) bond motifs is 1. The minimum absolute atomic E-state index is 0.0434. The largest absolute Gasteiger partial charge is 0.417 e. The summed E-state index contributed by atoms with van der Waals surface area (Å²) in [5.41, 5.74) is 1.63. The number of rotatable bonds is 3. The molecule has 2 rings (SSSR count). The van der Waals surface area contributed by atoms with E-state index in [4.69, 9.17) is 4.42 Å². The van der Waals surface area contributed by atoms with E-state index in [-0.39, 0.29) is 17.6 Å². The molecule has 4 heteroatoms. The normalized spacial score (nSPS) is 13.2. The third-order valence-corrected chi connectivity index (χ3v) is 3.12. The second kappa shape index (κ2) is 4.20. The zero-order chi connectivity index (χ0) is 12.6. The van der Waals surface area contributed by atoms with Gasteiger partial charge in [-0.3, -0.25) is 9.78 Å². The van der Waals surface area contributed by atoms with Gasteiger partial charge in [0.05, 0.1) is 5.52 Å². The van der Waals surface area contributed by atoms with Crippen molar-refractivity contribution in [3.63, 3.8) is 0 Å². The van der Waals surface area contributed by atoms with Gasteiger partial charge in [-0.2, -0.15) is 0 Å². The molecule has 0 amide bonds. The van der Waals surface area contributed by atoms with Gasteiger partial charge in [0.1, 0.15) is 0 Å². The number of benzene rings is 1. The molecular formula is C13H15NO3. The van der Waals surface area contributed by atoms with Crippen LogP contribution < -0.4 is 5.76 Å². The molecular weight excluding hydrogens is 218 g/mol. The van der Waals surface area contributed by atoms with Crippen molar-refractivity contribution in [1.82, 2.24) is 4.98 Å². The number of aromatic nitrogens is 1. The summed E-state index contributed by atoms with van der Waals surface area (Å²) in [6.07, 6.45) is 0. The number of Topliss-reactive ketones (excluding diaryl/α,β-unsaturated/α-hetero) is 1. The van der Waals surface area contributed by atoms with Crippen LogP contribution in [0.5, 0.6) is 0 Å². The molecule has 0 spiro atoms. The minimum Gasteiger partial charge on any atom is -0.408 e. The van der Waals surface area contributed by atoms with E-state index < -0.39 is 5.76 Å². The SMILES string of the molecule is CC(C)C(C)C(=O)c1ccc2[nH]c(=O)oc2c1. The summed E-state index contributed by atoms with van der Waals surface area (Å²) in [6.45, 7) is 5.93. The molecule has 90 valence electrons. The van der Waals surface area contributed by atoms with Gasteiger partial charge in [-0.25, -0.2) is 4.79 Å². The van der Waals surface area contributed by atoms with Crippen molar-refractivity contribution in [3.8, 4) is 0 Å². The summed E-state index contributed by atoms with van der Waals surface area (Å²) in [7, 11) is 0. The van der Waals surface area contributed by atoms with Gasteiger partial charge in [0.2, 0.25) is 0 Å². The first-order chi connectivity index (χ1) is 7.99. The van der Waals surface area contributed by atoms with Gasteiger partial charge in [-0.1, -0.05) is 20.8 Å². The molecule has 1 unspecified atom stereocenters. The molecule has 0 saturated carbocycles. The number of oxazole rings is 1. The summed E-state index contributed by atoms with van der Waals surface area (Å²) in [5, 5.41) is 0. The van der Waals surface area contributed by atoms with E-state index in [2.05, 4.69) is 4.98 Å². The maximum Gasteiger partial charge on any atom is 0.417 e. The second-order valence-corrected chi connectivity index (χ2v) is 4.62. The minimum atomic E-state index is -0.499. The Morgan fingerprint density at radius 2 is 2.00 bits per heavy atom. The molecule has 0 saturated heterocycles. The van der Waals surface area contributed by atoms with E-state index >= 15 is 0 Å². The number of carbonyl (C=O) groups excluding carboxylic acids is 1. The van der Waals surface area contributed by atoms with Crippen LogP contribution in [0, 0.1) is 11.8 Å². The topological polar surface area (TPSA) is 63.1 Å². The molecule has 0 aliphatic rings. The quantitative estimate of drug-likeness (QED) is 0.829. The Kier molecular flexibility index (Phi) is 2.88. The fourth-order valence-electron chi connectivity index (χ4n) is 1.66. The van der Waals surface area contributed by atoms with Crippen molar-refractivity contribution in [2.45, 2.75) is 20.8 Å². The van der Waals surface area contributed by atoms with Crippen molar-refractivity contribution < 1.29 is 9.21 Å². The summed E-state index contributed by atoms with van der Waals surface area (Å²) < 4.78 is 4.94. The van der Waals surface area contributed by atoms with Gasteiger partial charge in [0, 0.05) is 11.5 Å². The Hall–Kier alpha value is -1.84. The summed E-state index contributed by atoms with van der Waals surface area (Å²) in [5.74, 6) is -0.179. The van der Waals surface area contributed by atoms with Crippen molar-refractivity contribution in [2.75, 3.05) is 0 Å². The summed E-state index contributed by atoms with van der Waals surface area (Å²) >= 11 is 0. The van der Waals surface area contributed by atoms with E-state index in [0.29, 0.717) is 16.7 Å². The van der Waals surface area contributed by atoms with Crippen LogP contribution in [0.3, 0.4) is 0 Å². The van der Waals surface area contributed by atoms with Crippen LogP contribution in [-0.4, -0.2) is 10.8 Å². The molecule has 4 nitrogen and oxygen atoms in total. The molecule has 1 N–H and O–H groups in total. The molecule has 0 radical (unpaired) electrons. The van der Waals surface area contributed by atoms with Crippen molar-refractivity contribution in [3.05, 3.63) is 34.3 Å².